The van der Waals surface area contributed by atoms with Crippen molar-refractivity contribution in [1.29, 1.82) is 0 Å². The SMILES string of the molecule is COCCn1cnnc1-c1ccccc1. The molecule has 0 atom stereocenters. The van der Waals surface area contributed by atoms with E-state index in [9.17, 15) is 0 Å². The highest BCUT2D eigenvalue weighted by Gasteiger charge is 2.05. The first-order valence-electron chi connectivity index (χ1n) is 4.84. The third-order valence-electron chi connectivity index (χ3n) is 2.18. The lowest BCUT2D eigenvalue weighted by atomic mass is 10.2. The molecule has 0 saturated carbocycles. The van der Waals surface area contributed by atoms with Gasteiger partial charge in [-0.1, -0.05) is 30.3 Å². The molecule has 0 radical (unpaired) electrons. The van der Waals surface area contributed by atoms with Gasteiger partial charge in [-0.3, -0.25) is 0 Å². The molecule has 0 N–H and O–H groups in total. The van der Waals surface area contributed by atoms with E-state index in [4.69, 9.17) is 4.74 Å². The summed E-state index contributed by atoms with van der Waals surface area (Å²) < 4.78 is 7.01. The third-order valence-corrected chi connectivity index (χ3v) is 2.18. The number of hydrogen-bond acceptors (Lipinski definition) is 3. The van der Waals surface area contributed by atoms with Crippen LogP contribution in [0.3, 0.4) is 0 Å². The average molecular weight is 203 g/mol. The van der Waals surface area contributed by atoms with E-state index in [1.807, 2.05) is 34.9 Å². The Morgan fingerprint density at radius 2 is 2.07 bits per heavy atom. The molecule has 2 aromatic rings. The van der Waals surface area contributed by atoms with Crippen LogP contribution < -0.4 is 0 Å². The summed E-state index contributed by atoms with van der Waals surface area (Å²) in [5.74, 6) is 0.882. The maximum atomic E-state index is 5.03. The monoisotopic (exact) mass is 203 g/mol. The minimum absolute atomic E-state index is 0.665. The molecule has 4 nitrogen and oxygen atoms in total. The largest absolute Gasteiger partial charge is 0.383 e. The zero-order valence-corrected chi connectivity index (χ0v) is 8.63. The van der Waals surface area contributed by atoms with Crippen LogP contribution >= 0.6 is 0 Å². The van der Waals surface area contributed by atoms with E-state index >= 15 is 0 Å². The molecule has 0 aliphatic rings. The fourth-order valence-corrected chi connectivity index (χ4v) is 1.42. The van der Waals surface area contributed by atoms with E-state index in [0.29, 0.717) is 6.61 Å². The molecule has 15 heavy (non-hydrogen) atoms. The normalized spacial score (nSPS) is 10.5. The van der Waals surface area contributed by atoms with Crippen LogP contribution in [0.1, 0.15) is 0 Å². The summed E-state index contributed by atoms with van der Waals surface area (Å²) >= 11 is 0. The third kappa shape index (κ3) is 2.22. The summed E-state index contributed by atoms with van der Waals surface area (Å²) in [5, 5.41) is 8.01. The average Bonchev–Trinajstić information content (AvgIpc) is 2.75. The first kappa shape index (κ1) is 9.86. The molecule has 0 spiro atoms. The van der Waals surface area contributed by atoms with Gasteiger partial charge >= 0.3 is 0 Å². The fraction of sp³-hybridized carbons (Fsp3) is 0.273. The zero-order valence-electron chi connectivity index (χ0n) is 8.63. The predicted molar refractivity (Wildman–Crippen MR) is 57.3 cm³/mol. The van der Waals surface area contributed by atoms with Crippen molar-refractivity contribution in [1.82, 2.24) is 14.8 Å². The lowest BCUT2D eigenvalue weighted by molar-refractivity contribution is 0.187. The van der Waals surface area contributed by atoms with Gasteiger partial charge < -0.3 is 9.30 Å². The molecule has 0 saturated heterocycles. The van der Waals surface area contributed by atoms with Crippen LogP contribution in [0.15, 0.2) is 36.7 Å². The fourth-order valence-electron chi connectivity index (χ4n) is 1.42. The molecule has 78 valence electrons. The number of rotatable bonds is 4. The lowest BCUT2D eigenvalue weighted by Crippen LogP contribution is -2.04. The van der Waals surface area contributed by atoms with E-state index in [-0.39, 0.29) is 0 Å². The zero-order chi connectivity index (χ0) is 10.5. The van der Waals surface area contributed by atoms with E-state index in [1.54, 1.807) is 13.4 Å². The Bertz CT molecular complexity index is 411. The second kappa shape index (κ2) is 4.70. The molecule has 2 rings (SSSR count). The number of aromatic nitrogens is 3. The Morgan fingerprint density at radius 1 is 1.27 bits per heavy atom. The maximum Gasteiger partial charge on any atom is 0.163 e. The summed E-state index contributed by atoms with van der Waals surface area (Å²) in [7, 11) is 1.69. The number of ether oxygens (including phenoxy) is 1. The van der Waals surface area contributed by atoms with Crippen molar-refractivity contribution < 1.29 is 4.74 Å². The van der Waals surface area contributed by atoms with E-state index in [2.05, 4.69) is 10.2 Å². The van der Waals surface area contributed by atoms with Gasteiger partial charge in [-0.2, -0.15) is 0 Å². The van der Waals surface area contributed by atoms with Gasteiger partial charge in [0.05, 0.1) is 6.61 Å². The first-order valence-corrected chi connectivity index (χ1v) is 4.84. The van der Waals surface area contributed by atoms with Crippen LogP contribution in [-0.4, -0.2) is 28.5 Å². The molecule has 4 heteroatoms. The molecular formula is C11H13N3O. The van der Waals surface area contributed by atoms with Crippen molar-refractivity contribution in [3.05, 3.63) is 36.7 Å². The van der Waals surface area contributed by atoms with E-state index in [1.165, 1.54) is 0 Å². The smallest absolute Gasteiger partial charge is 0.163 e. The highest BCUT2D eigenvalue weighted by atomic mass is 16.5. The quantitative estimate of drug-likeness (QED) is 0.757. The summed E-state index contributed by atoms with van der Waals surface area (Å²) in [6.45, 7) is 1.44. The van der Waals surface area contributed by atoms with Crippen LogP contribution in [0, 0.1) is 0 Å². The molecular weight excluding hydrogens is 190 g/mol. The second-order valence-electron chi connectivity index (χ2n) is 3.21. The lowest BCUT2D eigenvalue weighted by Gasteiger charge is -2.05. The minimum atomic E-state index is 0.665. The van der Waals surface area contributed by atoms with Crippen molar-refractivity contribution in [2.75, 3.05) is 13.7 Å². The number of methoxy groups -OCH3 is 1. The van der Waals surface area contributed by atoms with Gasteiger partial charge in [0.15, 0.2) is 5.82 Å². The van der Waals surface area contributed by atoms with Crippen LogP contribution in [-0.2, 0) is 11.3 Å². The Kier molecular flexibility index (Phi) is 3.09. The van der Waals surface area contributed by atoms with Crippen molar-refractivity contribution in [2.24, 2.45) is 0 Å². The van der Waals surface area contributed by atoms with Crippen molar-refractivity contribution in [3.63, 3.8) is 0 Å². The van der Waals surface area contributed by atoms with Gasteiger partial charge in [0.2, 0.25) is 0 Å². The summed E-state index contributed by atoms with van der Waals surface area (Å²) in [4.78, 5) is 0. The second-order valence-corrected chi connectivity index (χ2v) is 3.21. The summed E-state index contributed by atoms with van der Waals surface area (Å²) in [6.07, 6.45) is 1.72. The van der Waals surface area contributed by atoms with Crippen LogP contribution in [0.5, 0.6) is 0 Å². The summed E-state index contributed by atoms with van der Waals surface area (Å²) in [6, 6.07) is 10.0. The number of nitrogens with zero attached hydrogens (tertiary/aromatic N) is 3. The van der Waals surface area contributed by atoms with Crippen molar-refractivity contribution in [3.8, 4) is 11.4 Å². The molecule has 1 heterocycles. The van der Waals surface area contributed by atoms with Gasteiger partial charge in [-0.25, -0.2) is 0 Å². The Balaban J connectivity index is 2.25. The first-order chi connectivity index (χ1) is 7.42. The van der Waals surface area contributed by atoms with Crippen LogP contribution in [0.4, 0.5) is 0 Å². The number of hydrogen-bond donors (Lipinski definition) is 0. The number of benzene rings is 1. The van der Waals surface area contributed by atoms with Crippen molar-refractivity contribution >= 4 is 0 Å². The molecule has 0 unspecified atom stereocenters. The predicted octanol–water partition coefficient (Wildman–Crippen LogP) is 1.59. The highest BCUT2D eigenvalue weighted by molar-refractivity contribution is 5.54. The van der Waals surface area contributed by atoms with Gasteiger partial charge in [-0.15, -0.1) is 10.2 Å². The molecule has 1 aromatic heterocycles. The molecule has 1 aromatic carbocycles. The standard InChI is InChI=1S/C11H13N3O/c1-15-8-7-14-9-12-13-11(14)10-5-3-2-4-6-10/h2-6,9H,7-8H2,1H3. The Morgan fingerprint density at radius 3 is 2.80 bits per heavy atom. The van der Waals surface area contributed by atoms with Crippen LogP contribution in [0.25, 0.3) is 11.4 Å². The highest BCUT2D eigenvalue weighted by Crippen LogP contribution is 2.15. The molecule has 0 aliphatic heterocycles. The minimum Gasteiger partial charge on any atom is -0.383 e. The van der Waals surface area contributed by atoms with Gasteiger partial charge in [-0.05, 0) is 0 Å². The summed E-state index contributed by atoms with van der Waals surface area (Å²) in [5.41, 5.74) is 1.08. The maximum absolute atomic E-state index is 5.03. The van der Waals surface area contributed by atoms with Gasteiger partial charge in [0, 0.05) is 19.2 Å². The van der Waals surface area contributed by atoms with Crippen LogP contribution in [0.2, 0.25) is 0 Å². The van der Waals surface area contributed by atoms with E-state index in [0.717, 1.165) is 17.9 Å². The topological polar surface area (TPSA) is 39.9 Å². The Hall–Kier alpha value is -1.68. The van der Waals surface area contributed by atoms with Gasteiger partial charge in [0.1, 0.15) is 6.33 Å². The van der Waals surface area contributed by atoms with Crippen molar-refractivity contribution in [2.45, 2.75) is 6.54 Å². The molecule has 0 aliphatic carbocycles. The Labute approximate surface area is 88.5 Å². The van der Waals surface area contributed by atoms with E-state index < -0.39 is 0 Å². The van der Waals surface area contributed by atoms with Gasteiger partial charge in [0.25, 0.3) is 0 Å². The molecule has 0 bridgehead atoms. The molecule has 0 fully saturated rings. The molecule has 0 amide bonds.